The Morgan fingerprint density at radius 3 is 2.40 bits per heavy atom. The summed E-state index contributed by atoms with van der Waals surface area (Å²) in [6.07, 6.45) is -1.13. The van der Waals surface area contributed by atoms with Crippen molar-refractivity contribution in [2.24, 2.45) is 0 Å². The maximum absolute atomic E-state index is 11.7. The molecule has 2 atom stereocenters. The van der Waals surface area contributed by atoms with Gasteiger partial charge < -0.3 is 19.9 Å². The number of nitrogens with one attached hydrogen (secondary N) is 2. The van der Waals surface area contributed by atoms with Crippen LogP contribution in [0.15, 0.2) is 24.3 Å². The van der Waals surface area contributed by atoms with Gasteiger partial charge in [0.05, 0.1) is 14.2 Å². The van der Waals surface area contributed by atoms with Gasteiger partial charge in [0.2, 0.25) is 5.11 Å². The number of carbonyl (C=O) groups is 1. The Labute approximate surface area is 122 Å². The van der Waals surface area contributed by atoms with Crippen molar-refractivity contribution < 1.29 is 25.2 Å². The fourth-order valence-corrected chi connectivity index (χ4v) is 1.71. The Bertz CT molecular complexity index is 466. The summed E-state index contributed by atoms with van der Waals surface area (Å²) in [4.78, 5) is 11.7. The van der Waals surface area contributed by atoms with Crippen LogP contribution in [0.4, 0.5) is 0 Å². The van der Waals surface area contributed by atoms with Crippen molar-refractivity contribution in [1.82, 2.24) is 10.7 Å². The van der Waals surface area contributed by atoms with E-state index in [1.807, 2.05) is 0 Å². The number of ether oxygens (including phenoxy) is 2. The number of thiocarbonyl (C=S) groups is 1. The third-order valence-electron chi connectivity index (χ3n) is 2.68. The molecule has 0 aromatic heterocycles. The fourth-order valence-electron chi connectivity index (χ4n) is 1.58. The number of hydrogen-bond donors (Lipinski definition) is 4. The Hall–Kier alpha value is -1.90. The number of quaternary nitrogens is 1. The van der Waals surface area contributed by atoms with Crippen LogP contribution in [0.2, 0.25) is 0 Å². The molecule has 0 bridgehead atoms. The number of hydrogen-bond acceptors (Lipinski definition) is 5. The van der Waals surface area contributed by atoms with E-state index in [4.69, 9.17) is 17.0 Å². The SMILES string of the molecule is COC(=O)C(NC(=S)N[NH3+])C(O)c1ccc(OC)cc1. The minimum Gasteiger partial charge on any atom is -0.497 e. The largest absolute Gasteiger partial charge is 0.497 e. The van der Waals surface area contributed by atoms with E-state index in [1.165, 1.54) is 7.11 Å². The average Bonchev–Trinajstić information content (AvgIpc) is 2.50. The van der Waals surface area contributed by atoms with Crippen LogP contribution in [0.25, 0.3) is 0 Å². The maximum atomic E-state index is 11.7. The van der Waals surface area contributed by atoms with E-state index < -0.39 is 18.1 Å². The van der Waals surface area contributed by atoms with E-state index in [9.17, 15) is 9.90 Å². The molecule has 0 saturated heterocycles. The van der Waals surface area contributed by atoms with Crippen LogP contribution in [0.5, 0.6) is 5.75 Å². The smallest absolute Gasteiger partial charge is 0.331 e. The molecule has 7 nitrogen and oxygen atoms in total. The van der Waals surface area contributed by atoms with Gasteiger partial charge in [-0.2, -0.15) is 0 Å². The lowest BCUT2D eigenvalue weighted by Gasteiger charge is -2.22. The van der Waals surface area contributed by atoms with Gasteiger partial charge in [-0.15, -0.1) is 0 Å². The molecule has 0 radical (unpaired) electrons. The molecule has 0 saturated carbocycles. The molecule has 6 N–H and O–H groups in total. The molecule has 2 unspecified atom stereocenters. The van der Waals surface area contributed by atoms with Gasteiger partial charge in [0, 0.05) is 0 Å². The monoisotopic (exact) mass is 300 g/mol. The predicted octanol–water partition coefficient (Wildman–Crippen LogP) is -1.11. The molecule has 0 aliphatic rings. The Morgan fingerprint density at radius 1 is 1.35 bits per heavy atom. The molecule has 0 spiro atoms. The third kappa shape index (κ3) is 4.05. The zero-order chi connectivity index (χ0) is 15.1. The van der Waals surface area contributed by atoms with Crippen LogP contribution < -0.4 is 21.3 Å². The number of carbonyl (C=O) groups excluding carboxylic acids is 1. The van der Waals surface area contributed by atoms with Crippen molar-refractivity contribution in [3.63, 3.8) is 0 Å². The van der Waals surface area contributed by atoms with Crippen LogP contribution in [-0.2, 0) is 9.53 Å². The molecule has 1 rings (SSSR count). The van der Waals surface area contributed by atoms with E-state index in [-0.39, 0.29) is 5.11 Å². The van der Waals surface area contributed by atoms with Crippen LogP contribution in [0.3, 0.4) is 0 Å². The zero-order valence-corrected chi connectivity index (χ0v) is 12.1. The van der Waals surface area contributed by atoms with Crippen LogP contribution in [0.1, 0.15) is 11.7 Å². The van der Waals surface area contributed by atoms with Crippen molar-refractivity contribution in [2.45, 2.75) is 12.1 Å². The van der Waals surface area contributed by atoms with Gasteiger partial charge in [-0.25, -0.2) is 10.2 Å². The van der Waals surface area contributed by atoms with Crippen molar-refractivity contribution in [1.29, 1.82) is 0 Å². The topological polar surface area (TPSA) is 107 Å². The lowest BCUT2D eigenvalue weighted by atomic mass is 10.0. The van der Waals surface area contributed by atoms with Crippen molar-refractivity contribution in [3.05, 3.63) is 29.8 Å². The second-order valence-electron chi connectivity index (χ2n) is 3.87. The number of benzene rings is 1. The molecule has 20 heavy (non-hydrogen) atoms. The Balaban J connectivity index is 2.93. The Kier molecular flexibility index (Phi) is 6.16. The van der Waals surface area contributed by atoms with Crippen molar-refractivity contribution >= 4 is 23.3 Å². The lowest BCUT2D eigenvalue weighted by molar-refractivity contribution is -0.419. The highest BCUT2D eigenvalue weighted by Gasteiger charge is 2.29. The minimum absolute atomic E-state index is 0.132. The Morgan fingerprint density at radius 2 is 1.95 bits per heavy atom. The lowest BCUT2D eigenvalue weighted by Crippen LogP contribution is -2.70. The van der Waals surface area contributed by atoms with Crippen LogP contribution in [-0.4, -0.2) is 36.4 Å². The van der Waals surface area contributed by atoms with Gasteiger partial charge in [0.1, 0.15) is 11.9 Å². The van der Waals surface area contributed by atoms with Gasteiger partial charge >= 0.3 is 5.97 Å². The number of methoxy groups -OCH3 is 2. The standard InChI is InChI=1S/C12H17N3O4S/c1-18-8-5-3-7(4-6-8)10(16)9(11(17)19-2)14-12(20)15-13/h3-6,9-10,16H,13H2,1-2H3,(H2,14,15,20)/p+1. The summed E-state index contributed by atoms with van der Waals surface area (Å²) in [5.41, 5.74) is 2.96. The van der Waals surface area contributed by atoms with Gasteiger partial charge in [0.25, 0.3) is 0 Å². The van der Waals surface area contributed by atoms with E-state index in [0.29, 0.717) is 11.3 Å². The van der Waals surface area contributed by atoms with E-state index >= 15 is 0 Å². The summed E-state index contributed by atoms with van der Waals surface area (Å²) in [6.45, 7) is 0. The third-order valence-corrected chi connectivity index (χ3v) is 2.94. The number of esters is 1. The second kappa shape index (κ2) is 7.63. The first-order valence-corrected chi connectivity index (χ1v) is 6.17. The van der Waals surface area contributed by atoms with Crippen molar-refractivity contribution in [2.75, 3.05) is 14.2 Å². The molecule has 1 aromatic carbocycles. The molecule has 110 valence electrons. The normalized spacial score (nSPS) is 13.0. The van der Waals surface area contributed by atoms with Crippen LogP contribution >= 0.6 is 12.2 Å². The van der Waals surface area contributed by atoms with Gasteiger partial charge in [0.15, 0.2) is 6.04 Å². The first-order chi connectivity index (χ1) is 9.53. The van der Waals surface area contributed by atoms with Gasteiger partial charge in [-0.1, -0.05) is 12.1 Å². The summed E-state index contributed by atoms with van der Waals surface area (Å²) < 4.78 is 9.68. The quantitative estimate of drug-likeness (QED) is 0.310. The summed E-state index contributed by atoms with van der Waals surface area (Å²) >= 11 is 4.88. The first-order valence-electron chi connectivity index (χ1n) is 5.77. The number of rotatable bonds is 5. The first kappa shape index (κ1) is 16.2. The van der Waals surface area contributed by atoms with Crippen LogP contribution in [0, 0.1) is 0 Å². The molecule has 1 aromatic rings. The van der Waals surface area contributed by atoms with Gasteiger partial charge in [-0.3, -0.25) is 5.84 Å². The average molecular weight is 300 g/mol. The summed E-state index contributed by atoms with van der Waals surface area (Å²) in [5.74, 6) is 3.39. The van der Waals surface area contributed by atoms with Gasteiger partial charge in [-0.05, 0) is 29.9 Å². The maximum Gasteiger partial charge on any atom is 0.331 e. The summed E-state index contributed by atoms with van der Waals surface area (Å²) in [6, 6.07) is 5.65. The van der Waals surface area contributed by atoms with Crippen molar-refractivity contribution in [3.8, 4) is 5.75 Å². The molecule has 0 heterocycles. The highest BCUT2D eigenvalue weighted by molar-refractivity contribution is 7.80. The molecule has 0 aliphatic heterocycles. The summed E-state index contributed by atoms with van der Waals surface area (Å²) in [7, 11) is 2.78. The summed E-state index contributed by atoms with van der Waals surface area (Å²) in [5, 5.41) is 13.1. The number of aliphatic hydroxyl groups excluding tert-OH is 1. The molecular weight excluding hydrogens is 282 g/mol. The van der Waals surface area contributed by atoms with E-state index in [2.05, 4.69) is 21.3 Å². The number of aliphatic hydroxyl groups is 1. The molecular formula is C12H18N3O4S+. The predicted molar refractivity (Wildman–Crippen MR) is 75.5 cm³/mol. The van der Waals surface area contributed by atoms with E-state index in [0.717, 1.165) is 0 Å². The zero-order valence-electron chi connectivity index (χ0n) is 11.3. The second-order valence-corrected chi connectivity index (χ2v) is 4.28. The fraction of sp³-hybridized carbons (Fsp3) is 0.333. The highest BCUT2D eigenvalue weighted by Crippen LogP contribution is 2.21. The minimum atomic E-state index is -1.13. The molecule has 0 fully saturated rings. The molecule has 8 heteroatoms. The molecule has 0 amide bonds. The molecule has 0 aliphatic carbocycles. The van der Waals surface area contributed by atoms with E-state index in [1.54, 1.807) is 31.4 Å². The highest BCUT2D eigenvalue weighted by atomic mass is 32.1.